The summed E-state index contributed by atoms with van der Waals surface area (Å²) in [5, 5.41) is 17.9. The van der Waals surface area contributed by atoms with E-state index in [1.807, 2.05) is 6.20 Å². The van der Waals surface area contributed by atoms with Crippen LogP contribution in [0.5, 0.6) is 0 Å². The Morgan fingerprint density at radius 1 is 1.58 bits per heavy atom. The highest BCUT2D eigenvalue weighted by atomic mass is 79.9. The number of nitrogens with zero attached hydrogens (tertiary/aromatic N) is 3. The summed E-state index contributed by atoms with van der Waals surface area (Å²) in [4.78, 5) is 10.3. The molecule has 2 rings (SSSR count). The number of benzene rings is 1. The molecule has 0 unspecified atom stereocenters. The number of rotatable bonds is 5. The zero-order valence-corrected chi connectivity index (χ0v) is 11.5. The molecule has 0 amide bonds. The van der Waals surface area contributed by atoms with Crippen molar-refractivity contribution in [1.29, 1.82) is 0 Å². The first-order chi connectivity index (χ1) is 9.10. The second-order valence-electron chi connectivity index (χ2n) is 3.79. The van der Waals surface area contributed by atoms with Crippen molar-refractivity contribution < 1.29 is 4.92 Å². The van der Waals surface area contributed by atoms with Crippen molar-refractivity contribution in [2.75, 3.05) is 5.32 Å². The minimum absolute atomic E-state index is 0.0463. The molecule has 1 heterocycles. The third-order valence-electron chi connectivity index (χ3n) is 2.48. The molecular weight excluding hydrogens is 312 g/mol. The normalized spacial score (nSPS) is 10.2. The summed E-state index contributed by atoms with van der Waals surface area (Å²) in [6.07, 6.45) is 5.18. The molecule has 0 saturated carbocycles. The van der Waals surface area contributed by atoms with Gasteiger partial charge in [0, 0.05) is 36.3 Å². The van der Waals surface area contributed by atoms with Crippen molar-refractivity contribution in [3.05, 3.63) is 57.3 Å². The molecule has 6 nitrogen and oxygen atoms in total. The van der Waals surface area contributed by atoms with E-state index >= 15 is 0 Å². The third kappa shape index (κ3) is 3.19. The number of hydrogen-bond donors (Lipinski definition) is 1. The lowest BCUT2D eigenvalue weighted by Gasteiger charge is -2.05. The van der Waals surface area contributed by atoms with Gasteiger partial charge < -0.3 is 5.32 Å². The predicted octanol–water partition coefficient (Wildman–Crippen LogP) is 3.27. The summed E-state index contributed by atoms with van der Waals surface area (Å²) >= 11 is 3.18. The molecule has 0 spiro atoms. The van der Waals surface area contributed by atoms with Gasteiger partial charge in [-0.15, -0.1) is 0 Å². The monoisotopic (exact) mass is 322 g/mol. The highest BCUT2D eigenvalue weighted by Gasteiger charge is 2.11. The number of anilines is 1. The van der Waals surface area contributed by atoms with Crippen LogP contribution in [0.2, 0.25) is 0 Å². The van der Waals surface area contributed by atoms with Gasteiger partial charge in [-0.2, -0.15) is 5.10 Å². The number of nitro benzene ring substituents is 1. The maximum Gasteiger partial charge on any atom is 0.283 e. The van der Waals surface area contributed by atoms with E-state index in [4.69, 9.17) is 0 Å². The largest absolute Gasteiger partial charge is 0.381 e. The van der Waals surface area contributed by atoms with Gasteiger partial charge in [-0.25, -0.2) is 4.68 Å². The minimum atomic E-state index is -0.429. The molecule has 2 aromatic rings. The first-order valence-corrected chi connectivity index (χ1v) is 6.23. The third-order valence-corrected chi connectivity index (χ3v) is 3.12. The van der Waals surface area contributed by atoms with Gasteiger partial charge in [0.15, 0.2) is 0 Å². The van der Waals surface area contributed by atoms with Crippen molar-refractivity contribution in [2.45, 2.75) is 6.54 Å². The predicted molar refractivity (Wildman–Crippen MR) is 76.7 cm³/mol. The lowest BCUT2D eigenvalue weighted by molar-refractivity contribution is -0.385. The van der Waals surface area contributed by atoms with Crippen LogP contribution >= 0.6 is 15.9 Å². The van der Waals surface area contributed by atoms with E-state index in [1.54, 1.807) is 29.2 Å². The van der Waals surface area contributed by atoms with Crippen LogP contribution in [0.3, 0.4) is 0 Å². The summed E-state index contributed by atoms with van der Waals surface area (Å²) in [7, 11) is 0. The highest BCUT2D eigenvalue weighted by Crippen LogP contribution is 2.27. The fourth-order valence-corrected chi connectivity index (χ4v) is 2.06. The van der Waals surface area contributed by atoms with Crippen molar-refractivity contribution in [2.24, 2.45) is 0 Å². The number of nitrogens with one attached hydrogen (secondary N) is 1. The number of halogens is 1. The van der Waals surface area contributed by atoms with Gasteiger partial charge in [-0.05, 0) is 28.1 Å². The van der Waals surface area contributed by atoms with Gasteiger partial charge in [0.2, 0.25) is 0 Å². The summed E-state index contributed by atoms with van der Waals surface area (Å²) in [6, 6.07) is 4.80. The van der Waals surface area contributed by atoms with E-state index in [-0.39, 0.29) is 5.69 Å². The molecule has 0 atom stereocenters. The van der Waals surface area contributed by atoms with Crippen molar-refractivity contribution in [3.63, 3.8) is 0 Å². The van der Waals surface area contributed by atoms with Crippen LogP contribution in [0.25, 0.3) is 6.20 Å². The van der Waals surface area contributed by atoms with E-state index < -0.39 is 4.92 Å². The zero-order valence-electron chi connectivity index (χ0n) is 9.91. The first-order valence-electron chi connectivity index (χ1n) is 5.43. The van der Waals surface area contributed by atoms with Crippen molar-refractivity contribution >= 4 is 33.5 Å². The fourth-order valence-electron chi connectivity index (χ4n) is 1.54. The maximum absolute atomic E-state index is 10.7. The van der Waals surface area contributed by atoms with Crippen LogP contribution in [-0.2, 0) is 6.54 Å². The average Bonchev–Trinajstić information content (AvgIpc) is 2.84. The van der Waals surface area contributed by atoms with Gasteiger partial charge in [-0.3, -0.25) is 10.1 Å². The molecule has 1 aromatic heterocycles. The van der Waals surface area contributed by atoms with Crippen LogP contribution in [0.1, 0.15) is 5.56 Å². The Hall–Kier alpha value is -2.15. The van der Waals surface area contributed by atoms with E-state index in [2.05, 4.69) is 32.9 Å². The molecule has 7 heteroatoms. The SMILES string of the molecule is C=Cn1cc(CNc2ccc([N+](=O)[O-])c(Br)c2)cn1. The summed E-state index contributed by atoms with van der Waals surface area (Å²) in [5.41, 5.74) is 1.84. The lowest BCUT2D eigenvalue weighted by atomic mass is 10.2. The average molecular weight is 323 g/mol. The Morgan fingerprint density at radius 3 is 2.95 bits per heavy atom. The Balaban J connectivity index is 2.05. The molecule has 19 heavy (non-hydrogen) atoms. The second kappa shape index (κ2) is 5.66. The minimum Gasteiger partial charge on any atom is -0.381 e. The zero-order chi connectivity index (χ0) is 13.8. The molecule has 1 N–H and O–H groups in total. The molecule has 1 aromatic carbocycles. The molecule has 98 valence electrons. The number of aromatic nitrogens is 2. The van der Waals surface area contributed by atoms with E-state index in [0.29, 0.717) is 11.0 Å². The Kier molecular flexibility index (Phi) is 3.96. The van der Waals surface area contributed by atoms with E-state index in [1.165, 1.54) is 6.07 Å². The molecular formula is C12H11BrN4O2. The lowest BCUT2D eigenvalue weighted by Crippen LogP contribution is -1.99. The van der Waals surface area contributed by atoms with Crippen LogP contribution in [0.15, 0.2) is 41.6 Å². The van der Waals surface area contributed by atoms with Crippen LogP contribution in [0, 0.1) is 10.1 Å². The van der Waals surface area contributed by atoms with Gasteiger partial charge in [-0.1, -0.05) is 6.58 Å². The molecule has 0 aliphatic heterocycles. The van der Waals surface area contributed by atoms with Gasteiger partial charge >= 0.3 is 0 Å². The topological polar surface area (TPSA) is 73.0 Å². The molecule has 0 bridgehead atoms. The summed E-state index contributed by atoms with van der Waals surface area (Å²) in [5.74, 6) is 0. The van der Waals surface area contributed by atoms with Crippen molar-refractivity contribution in [1.82, 2.24) is 9.78 Å². The van der Waals surface area contributed by atoms with Gasteiger partial charge in [0.25, 0.3) is 5.69 Å². The Labute approximate surface area is 118 Å². The molecule has 0 saturated heterocycles. The fraction of sp³-hybridized carbons (Fsp3) is 0.0833. The van der Waals surface area contributed by atoms with Crippen LogP contribution < -0.4 is 5.32 Å². The summed E-state index contributed by atoms with van der Waals surface area (Å²) in [6.45, 7) is 4.19. The maximum atomic E-state index is 10.7. The van der Waals surface area contributed by atoms with Crippen LogP contribution in [0.4, 0.5) is 11.4 Å². The number of nitro groups is 1. The summed E-state index contributed by atoms with van der Waals surface area (Å²) < 4.78 is 2.06. The van der Waals surface area contributed by atoms with E-state index in [0.717, 1.165) is 11.3 Å². The Bertz CT molecular complexity index is 624. The van der Waals surface area contributed by atoms with Gasteiger partial charge in [0.05, 0.1) is 15.6 Å². The highest BCUT2D eigenvalue weighted by molar-refractivity contribution is 9.10. The van der Waals surface area contributed by atoms with Gasteiger partial charge in [0.1, 0.15) is 0 Å². The smallest absolute Gasteiger partial charge is 0.283 e. The van der Waals surface area contributed by atoms with Crippen LogP contribution in [-0.4, -0.2) is 14.7 Å². The standard InChI is InChI=1S/C12H11BrN4O2/c1-2-16-8-9(7-15-16)6-14-10-3-4-12(17(18)19)11(13)5-10/h2-5,7-8,14H,1,6H2. The number of hydrogen-bond acceptors (Lipinski definition) is 4. The molecule has 0 aliphatic carbocycles. The van der Waals surface area contributed by atoms with E-state index in [9.17, 15) is 10.1 Å². The second-order valence-corrected chi connectivity index (χ2v) is 4.64. The molecule has 0 fully saturated rings. The molecule has 0 aliphatic rings. The quantitative estimate of drug-likeness (QED) is 0.677. The molecule has 0 radical (unpaired) electrons. The van der Waals surface area contributed by atoms with Crippen molar-refractivity contribution in [3.8, 4) is 0 Å². The Morgan fingerprint density at radius 2 is 2.37 bits per heavy atom. The first kappa shape index (κ1) is 13.3.